The van der Waals surface area contributed by atoms with E-state index < -0.39 is 17.6 Å². The Kier molecular flexibility index (Phi) is 6.50. The first-order chi connectivity index (χ1) is 11.8. The highest BCUT2D eigenvalue weighted by Gasteiger charge is 2.32. The van der Waals surface area contributed by atoms with Crippen LogP contribution in [0.25, 0.3) is 0 Å². The Morgan fingerprint density at radius 2 is 2.00 bits per heavy atom. The molecule has 0 unspecified atom stereocenters. The summed E-state index contributed by atoms with van der Waals surface area (Å²) in [5.74, 6) is -0.446. The third-order valence-electron chi connectivity index (χ3n) is 3.25. The molecule has 132 valence electrons. The van der Waals surface area contributed by atoms with Gasteiger partial charge in [-0.05, 0) is 36.1 Å². The molecule has 0 bridgehead atoms. The molecule has 0 fully saturated rings. The van der Waals surface area contributed by atoms with Crippen molar-refractivity contribution in [2.24, 2.45) is 5.10 Å². The fraction of sp³-hybridized carbons (Fsp3) is 0.176. The van der Waals surface area contributed by atoms with Crippen LogP contribution in [0.3, 0.4) is 0 Å². The van der Waals surface area contributed by atoms with E-state index in [1.807, 2.05) is 6.26 Å². The quantitative estimate of drug-likeness (QED) is 0.456. The van der Waals surface area contributed by atoms with Crippen molar-refractivity contribution in [3.05, 3.63) is 64.2 Å². The van der Waals surface area contributed by atoms with Gasteiger partial charge in [-0.25, -0.2) is 5.43 Å². The Labute approximate surface area is 152 Å². The average molecular weight is 387 g/mol. The Morgan fingerprint density at radius 1 is 1.28 bits per heavy atom. The van der Waals surface area contributed by atoms with E-state index in [4.69, 9.17) is 11.6 Å². The number of amides is 1. The second kappa shape index (κ2) is 8.40. The van der Waals surface area contributed by atoms with Crippen LogP contribution >= 0.6 is 23.4 Å². The summed E-state index contributed by atoms with van der Waals surface area (Å²) in [4.78, 5) is 12.9. The van der Waals surface area contributed by atoms with E-state index in [0.717, 1.165) is 22.7 Å². The Bertz CT molecular complexity index is 794. The van der Waals surface area contributed by atoms with E-state index in [-0.39, 0.29) is 12.0 Å². The second-order valence-corrected chi connectivity index (χ2v) is 6.30. The van der Waals surface area contributed by atoms with E-state index in [2.05, 4.69) is 10.5 Å². The number of hydrogen-bond donors (Lipinski definition) is 1. The maximum atomic E-state index is 12.9. The molecule has 0 heterocycles. The third kappa shape index (κ3) is 5.51. The maximum Gasteiger partial charge on any atom is 0.417 e. The number of nitrogens with zero attached hydrogens (tertiary/aromatic N) is 1. The molecule has 0 radical (unpaired) electrons. The van der Waals surface area contributed by atoms with Gasteiger partial charge in [-0.1, -0.05) is 29.8 Å². The molecule has 1 amide bonds. The minimum absolute atomic E-state index is 0.0228. The fourth-order valence-electron chi connectivity index (χ4n) is 2.14. The highest BCUT2D eigenvalue weighted by atomic mass is 35.5. The van der Waals surface area contributed by atoms with Gasteiger partial charge >= 0.3 is 6.18 Å². The molecule has 25 heavy (non-hydrogen) atoms. The van der Waals surface area contributed by atoms with Crippen LogP contribution < -0.4 is 5.43 Å². The Balaban J connectivity index is 2.06. The van der Waals surface area contributed by atoms with Gasteiger partial charge in [0.1, 0.15) is 0 Å². The molecule has 0 spiro atoms. The van der Waals surface area contributed by atoms with Crippen molar-refractivity contribution >= 4 is 35.5 Å². The van der Waals surface area contributed by atoms with Crippen molar-refractivity contribution < 1.29 is 18.0 Å². The van der Waals surface area contributed by atoms with E-state index in [1.54, 1.807) is 18.2 Å². The summed E-state index contributed by atoms with van der Waals surface area (Å²) in [5, 5.41) is 4.13. The zero-order chi connectivity index (χ0) is 18.4. The van der Waals surface area contributed by atoms with Crippen molar-refractivity contribution in [3.8, 4) is 0 Å². The SMILES string of the molecule is CSc1ccc(Cl)cc1CC(=O)N/N=C\c1ccccc1C(F)(F)F. The molecule has 0 aliphatic carbocycles. The number of alkyl halides is 3. The first kappa shape index (κ1) is 19.3. The van der Waals surface area contributed by atoms with Crippen molar-refractivity contribution in [2.75, 3.05) is 6.26 Å². The van der Waals surface area contributed by atoms with E-state index in [1.165, 1.54) is 30.0 Å². The summed E-state index contributed by atoms with van der Waals surface area (Å²) in [6, 6.07) is 10.2. The molecule has 1 N–H and O–H groups in total. The van der Waals surface area contributed by atoms with Crippen LogP contribution in [-0.4, -0.2) is 18.4 Å². The first-order valence-electron chi connectivity index (χ1n) is 7.12. The second-order valence-electron chi connectivity index (χ2n) is 5.01. The average Bonchev–Trinajstić information content (AvgIpc) is 2.54. The molecule has 0 aromatic heterocycles. The van der Waals surface area contributed by atoms with Crippen molar-refractivity contribution in [1.82, 2.24) is 5.43 Å². The van der Waals surface area contributed by atoms with E-state index in [0.29, 0.717) is 5.02 Å². The molecule has 0 aliphatic rings. The minimum atomic E-state index is -4.49. The standard InChI is InChI=1S/C17H14ClF3N2OS/c1-25-15-7-6-13(18)8-12(15)9-16(24)23-22-10-11-4-2-3-5-14(11)17(19,20)21/h2-8,10H,9H2,1H3,(H,23,24)/b22-10-. The molecule has 2 rings (SSSR count). The van der Waals surface area contributed by atoms with Gasteiger partial charge in [0, 0.05) is 15.5 Å². The van der Waals surface area contributed by atoms with Gasteiger partial charge < -0.3 is 0 Å². The van der Waals surface area contributed by atoms with Gasteiger partial charge in [0.2, 0.25) is 5.91 Å². The van der Waals surface area contributed by atoms with Gasteiger partial charge in [-0.3, -0.25) is 4.79 Å². The van der Waals surface area contributed by atoms with E-state index >= 15 is 0 Å². The maximum absolute atomic E-state index is 12.9. The predicted molar refractivity (Wildman–Crippen MR) is 94.1 cm³/mol. The number of hydrazone groups is 1. The number of rotatable bonds is 5. The van der Waals surface area contributed by atoms with Gasteiger partial charge in [0.05, 0.1) is 18.2 Å². The van der Waals surface area contributed by atoms with Gasteiger partial charge in [0.25, 0.3) is 0 Å². The van der Waals surface area contributed by atoms with Crippen LogP contribution in [0.5, 0.6) is 0 Å². The van der Waals surface area contributed by atoms with Crippen molar-refractivity contribution in [3.63, 3.8) is 0 Å². The molecule has 0 saturated carbocycles. The molecule has 2 aromatic rings. The lowest BCUT2D eigenvalue weighted by atomic mass is 10.1. The predicted octanol–water partition coefficient (Wildman–Crippen LogP) is 4.77. The van der Waals surface area contributed by atoms with Crippen LogP contribution in [0.1, 0.15) is 16.7 Å². The van der Waals surface area contributed by atoms with Crippen molar-refractivity contribution in [2.45, 2.75) is 17.5 Å². The Morgan fingerprint density at radius 3 is 2.68 bits per heavy atom. The van der Waals surface area contributed by atoms with Crippen LogP contribution in [-0.2, 0) is 17.4 Å². The third-order valence-corrected chi connectivity index (χ3v) is 4.33. The summed E-state index contributed by atoms with van der Waals surface area (Å²) in [7, 11) is 0. The van der Waals surface area contributed by atoms with Crippen LogP contribution in [0, 0.1) is 0 Å². The highest BCUT2D eigenvalue weighted by molar-refractivity contribution is 7.98. The lowest BCUT2D eigenvalue weighted by Gasteiger charge is -2.09. The number of benzene rings is 2. The lowest BCUT2D eigenvalue weighted by molar-refractivity contribution is -0.137. The molecule has 8 heteroatoms. The summed E-state index contributed by atoms with van der Waals surface area (Å²) >= 11 is 7.39. The number of carbonyl (C=O) groups excluding carboxylic acids is 1. The topological polar surface area (TPSA) is 41.5 Å². The van der Waals surface area contributed by atoms with Gasteiger partial charge in [-0.15, -0.1) is 11.8 Å². The van der Waals surface area contributed by atoms with Crippen LogP contribution in [0.15, 0.2) is 52.5 Å². The first-order valence-corrected chi connectivity index (χ1v) is 8.72. The van der Waals surface area contributed by atoms with Crippen LogP contribution in [0.4, 0.5) is 13.2 Å². The molecule has 2 aromatic carbocycles. The zero-order valence-electron chi connectivity index (χ0n) is 13.1. The summed E-state index contributed by atoms with van der Waals surface area (Å²) < 4.78 is 38.6. The molecular formula is C17H14ClF3N2OS. The summed E-state index contributed by atoms with van der Waals surface area (Å²) in [5.41, 5.74) is 2.03. The van der Waals surface area contributed by atoms with Gasteiger partial charge in [0.15, 0.2) is 0 Å². The minimum Gasteiger partial charge on any atom is -0.273 e. The monoisotopic (exact) mass is 386 g/mol. The number of nitrogens with one attached hydrogen (secondary N) is 1. The molecule has 0 aliphatic heterocycles. The lowest BCUT2D eigenvalue weighted by Crippen LogP contribution is -2.20. The number of thioether (sulfide) groups is 1. The number of halogens is 4. The zero-order valence-corrected chi connectivity index (χ0v) is 14.7. The number of carbonyl (C=O) groups is 1. The van der Waals surface area contributed by atoms with Gasteiger partial charge in [-0.2, -0.15) is 18.3 Å². The Hall–Kier alpha value is -1.99. The molecule has 3 nitrogen and oxygen atoms in total. The highest BCUT2D eigenvalue weighted by Crippen LogP contribution is 2.31. The van der Waals surface area contributed by atoms with E-state index in [9.17, 15) is 18.0 Å². The molecular weight excluding hydrogens is 373 g/mol. The fourth-order valence-corrected chi connectivity index (χ4v) is 2.93. The smallest absolute Gasteiger partial charge is 0.273 e. The molecule has 0 atom stereocenters. The largest absolute Gasteiger partial charge is 0.417 e. The van der Waals surface area contributed by atoms with Crippen LogP contribution in [0.2, 0.25) is 5.02 Å². The normalized spacial score (nSPS) is 11.7. The summed E-state index contributed by atoms with van der Waals surface area (Å²) in [6.45, 7) is 0. The number of hydrogen-bond acceptors (Lipinski definition) is 3. The molecule has 0 saturated heterocycles. The van der Waals surface area contributed by atoms with Crippen molar-refractivity contribution in [1.29, 1.82) is 0 Å². The summed E-state index contributed by atoms with van der Waals surface area (Å²) in [6.07, 6.45) is -1.61.